The van der Waals surface area contributed by atoms with Crippen molar-refractivity contribution < 1.29 is 19.2 Å². The molecule has 0 fully saturated rings. The summed E-state index contributed by atoms with van der Waals surface area (Å²) in [5, 5.41) is 21.4. The lowest BCUT2D eigenvalue weighted by atomic mass is 10.1. The molecule has 9 nitrogen and oxygen atoms in total. The van der Waals surface area contributed by atoms with Gasteiger partial charge in [-0.25, -0.2) is 0 Å². The minimum atomic E-state index is -0.568. The molecular weight excluding hydrogens is 448 g/mol. The monoisotopic (exact) mass is 464 g/mol. The van der Waals surface area contributed by atoms with E-state index in [1.807, 2.05) is 12.1 Å². The van der Waals surface area contributed by atoms with Gasteiger partial charge in [0.15, 0.2) is 0 Å². The van der Waals surface area contributed by atoms with E-state index >= 15 is 0 Å². The third-order valence-electron chi connectivity index (χ3n) is 4.60. The molecule has 0 radical (unpaired) electrons. The van der Waals surface area contributed by atoms with E-state index in [1.54, 1.807) is 49.6 Å². The number of H-pyrrole nitrogens is 1. The smallest absolute Gasteiger partial charge is 0.275 e. The lowest BCUT2D eigenvalue weighted by Gasteiger charge is -2.09. The Bertz CT molecular complexity index is 1320. The van der Waals surface area contributed by atoms with Gasteiger partial charge >= 0.3 is 0 Å². The molecule has 1 aromatic heterocycles. The van der Waals surface area contributed by atoms with Gasteiger partial charge in [0.1, 0.15) is 22.9 Å². The average molecular weight is 465 g/mol. The van der Waals surface area contributed by atoms with Crippen LogP contribution in [0.5, 0.6) is 17.2 Å². The van der Waals surface area contributed by atoms with E-state index in [0.717, 1.165) is 5.56 Å². The summed E-state index contributed by atoms with van der Waals surface area (Å²) in [5.74, 6) is 0.762. The number of carbonyl (C=O) groups excluding carboxylic acids is 1. The van der Waals surface area contributed by atoms with Gasteiger partial charge in [0.25, 0.3) is 11.6 Å². The predicted molar refractivity (Wildman–Crippen MR) is 123 cm³/mol. The van der Waals surface area contributed by atoms with Crippen molar-refractivity contribution in [2.45, 2.75) is 0 Å². The maximum absolute atomic E-state index is 12.7. The van der Waals surface area contributed by atoms with Crippen molar-refractivity contribution in [2.75, 3.05) is 12.4 Å². The second kappa shape index (κ2) is 9.41. The van der Waals surface area contributed by atoms with Crippen LogP contribution in [0.3, 0.4) is 0 Å². The zero-order valence-electron chi connectivity index (χ0n) is 17.2. The number of non-ortho nitro benzene ring substituents is 1. The topological polar surface area (TPSA) is 119 Å². The molecule has 3 aromatic carbocycles. The van der Waals surface area contributed by atoms with E-state index in [0.29, 0.717) is 22.2 Å². The zero-order chi connectivity index (χ0) is 23.4. The lowest BCUT2D eigenvalue weighted by molar-refractivity contribution is -0.384. The van der Waals surface area contributed by atoms with Crippen LogP contribution in [0.15, 0.2) is 72.8 Å². The summed E-state index contributed by atoms with van der Waals surface area (Å²) in [6.45, 7) is 0. The molecule has 0 atom stereocenters. The molecular formula is C23H17ClN4O5. The summed E-state index contributed by atoms with van der Waals surface area (Å²) in [6, 6.07) is 19.3. The van der Waals surface area contributed by atoms with E-state index in [2.05, 4.69) is 15.5 Å². The molecule has 166 valence electrons. The van der Waals surface area contributed by atoms with Crippen LogP contribution in [0.25, 0.3) is 11.3 Å². The number of nitrogens with zero attached hydrogens (tertiary/aromatic N) is 2. The number of hydrogen-bond donors (Lipinski definition) is 2. The number of anilines is 1. The number of methoxy groups -OCH3 is 1. The Hall–Kier alpha value is -4.37. The van der Waals surface area contributed by atoms with Gasteiger partial charge < -0.3 is 14.8 Å². The summed E-state index contributed by atoms with van der Waals surface area (Å²) >= 11 is 5.87. The minimum Gasteiger partial charge on any atom is -0.497 e. The highest BCUT2D eigenvalue weighted by molar-refractivity contribution is 6.30. The second-order valence-electron chi connectivity index (χ2n) is 6.88. The van der Waals surface area contributed by atoms with Gasteiger partial charge in [0.2, 0.25) is 0 Å². The number of carbonyl (C=O) groups is 1. The van der Waals surface area contributed by atoms with Crippen molar-refractivity contribution in [2.24, 2.45) is 0 Å². The summed E-state index contributed by atoms with van der Waals surface area (Å²) in [6.07, 6.45) is 0. The van der Waals surface area contributed by atoms with Gasteiger partial charge in [0, 0.05) is 22.7 Å². The van der Waals surface area contributed by atoms with Crippen LogP contribution in [0.2, 0.25) is 5.02 Å². The first kappa shape index (κ1) is 21.8. The molecule has 2 N–H and O–H groups in total. The average Bonchev–Trinajstić information content (AvgIpc) is 3.31. The Kier molecular flexibility index (Phi) is 6.23. The van der Waals surface area contributed by atoms with Gasteiger partial charge in [0.05, 0.1) is 29.5 Å². The molecule has 0 aliphatic heterocycles. The number of aromatic amines is 1. The van der Waals surface area contributed by atoms with Crippen LogP contribution in [-0.2, 0) is 0 Å². The number of nitro groups is 1. The first-order valence-corrected chi connectivity index (χ1v) is 10.0. The standard InChI is InChI=1S/C23H17ClN4O5/c1-32-19-4-2-3-14(9-19)21-13-22(27-26-21)23(29)25-16-10-17(28(30)31)12-20(11-16)33-18-7-5-15(24)6-8-18/h2-13H,1H3,(H,25,29)(H,26,27). The van der Waals surface area contributed by atoms with E-state index < -0.39 is 10.8 Å². The minimum absolute atomic E-state index is 0.180. The van der Waals surface area contributed by atoms with Crippen LogP contribution in [0.1, 0.15) is 10.5 Å². The van der Waals surface area contributed by atoms with Crippen LogP contribution in [0.4, 0.5) is 11.4 Å². The molecule has 0 aliphatic carbocycles. The summed E-state index contributed by atoms with van der Waals surface area (Å²) in [7, 11) is 1.56. The van der Waals surface area contributed by atoms with Crippen molar-refractivity contribution in [3.8, 4) is 28.5 Å². The highest BCUT2D eigenvalue weighted by Gasteiger charge is 2.16. The number of halogens is 1. The van der Waals surface area contributed by atoms with Gasteiger partial charge in [-0.05, 0) is 42.5 Å². The zero-order valence-corrected chi connectivity index (χ0v) is 18.0. The molecule has 0 saturated heterocycles. The summed E-state index contributed by atoms with van der Waals surface area (Å²) in [4.78, 5) is 23.5. The third-order valence-corrected chi connectivity index (χ3v) is 4.85. The largest absolute Gasteiger partial charge is 0.497 e. The summed E-state index contributed by atoms with van der Waals surface area (Å²) in [5.41, 5.74) is 1.44. The van der Waals surface area contributed by atoms with Crippen molar-refractivity contribution in [1.82, 2.24) is 10.2 Å². The number of ether oxygens (including phenoxy) is 2. The quantitative estimate of drug-likeness (QED) is 0.268. The molecule has 0 aliphatic rings. The first-order valence-electron chi connectivity index (χ1n) is 9.65. The van der Waals surface area contributed by atoms with Gasteiger partial charge in [-0.15, -0.1) is 0 Å². The third kappa shape index (κ3) is 5.28. The van der Waals surface area contributed by atoms with Crippen molar-refractivity contribution in [3.63, 3.8) is 0 Å². The highest BCUT2D eigenvalue weighted by Crippen LogP contribution is 2.31. The van der Waals surface area contributed by atoms with Crippen molar-refractivity contribution >= 4 is 28.9 Å². The Morgan fingerprint density at radius 3 is 2.55 bits per heavy atom. The van der Waals surface area contributed by atoms with Crippen molar-refractivity contribution in [3.05, 3.63) is 93.6 Å². The van der Waals surface area contributed by atoms with E-state index in [1.165, 1.54) is 18.2 Å². The van der Waals surface area contributed by atoms with Gasteiger partial charge in [-0.3, -0.25) is 20.0 Å². The number of aromatic nitrogens is 2. The Morgan fingerprint density at radius 2 is 1.82 bits per heavy atom. The number of nitro benzene ring substituents is 1. The van der Waals surface area contributed by atoms with Crippen LogP contribution >= 0.6 is 11.6 Å². The number of rotatable bonds is 7. The molecule has 1 heterocycles. The highest BCUT2D eigenvalue weighted by atomic mass is 35.5. The number of amides is 1. The van der Waals surface area contributed by atoms with E-state index in [9.17, 15) is 14.9 Å². The number of hydrogen-bond acceptors (Lipinski definition) is 6. The Balaban J connectivity index is 1.56. The molecule has 1 amide bonds. The maximum atomic E-state index is 12.7. The maximum Gasteiger partial charge on any atom is 0.275 e. The first-order chi connectivity index (χ1) is 15.9. The molecule has 10 heteroatoms. The predicted octanol–water partition coefficient (Wildman–Crippen LogP) is 5.69. The molecule has 4 aromatic rings. The number of benzene rings is 3. The van der Waals surface area contributed by atoms with Gasteiger partial charge in [-0.2, -0.15) is 5.10 Å². The van der Waals surface area contributed by atoms with Crippen LogP contribution in [-0.4, -0.2) is 28.1 Å². The van der Waals surface area contributed by atoms with Crippen molar-refractivity contribution in [1.29, 1.82) is 0 Å². The van der Waals surface area contributed by atoms with Crippen LogP contribution in [0, 0.1) is 10.1 Å². The van der Waals surface area contributed by atoms with E-state index in [-0.39, 0.29) is 22.8 Å². The normalized spacial score (nSPS) is 10.5. The van der Waals surface area contributed by atoms with E-state index in [4.69, 9.17) is 21.1 Å². The molecule has 0 bridgehead atoms. The second-order valence-corrected chi connectivity index (χ2v) is 7.32. The van der Waals surface area contributed by atoms with Crippen LogP contribution < -0.4 is 14.8 Å². The fraction of sp³-hybridized carbons (Fsp3) is 0.0435. The summed E-state index contributed by atoms with van der Waals surface area (Å²) < 4.78 is 10.9. The van der Waals surface area contributed by atoms with Gasteiger partial charge in [-0.1, -0.05) is 23.7 Å². The molecule has 0 saturated carbocycles. The Morgan fingerprint density at radius 1 is 1.03 bits per heavy atom. The fourth-order valence-corrected chi connectivity index (χ4v) is 3.15. The fourth-order valence-electron chi connectivity index (χ4n) is 3.03. The number of nitrogens with one attached hydrogen (secondary N) is 2. The molecule has 0 spiro atoms. The Labute approximate surface area is 193 Å². The lowest BCUT2D eigenvalue weighted by Crippen LogP contribution is -2.12. The molecule has 0 unspecified atom stereocenters. The SMILES string of the molecule is COc1cccc(-c2cc(C(=O)Nc3cc(Oc4ccc(Cl)cc4)cc([N+](=O)[O-])c3)[nH]n2)c1. The molecule has 33 heavy (non-hydrogen) atoms. The molecule has 4 rings (SSSR count).